The molecule has 2 aromatic carbocycles. The van der Waals surface area contributed by atoms with E-state index in [1.54, 1.807) is 48.5 Å². The largest absolute Gasteiger partial charge is 0.484 e. The number of hydrogen-bond donors (Lipinski definition) is 2. The van der Waals surface area contributed by atoms with E-state index < -0.39 is 17.8 Å². The fourth-order valence-electron chi connectivity index (χ4n) is 2.32. The number of hydrogen-bond acceptors (Lipinski definition) is 5. The third-order valence-electron chi connectivity index (χ3n) is 3.76. The summed E-state index contributed by atoms with van der Waals surface area (Å²) in [5.74, 6) is -1.21. The zero-order chi connectivity index (χ0) is 22.2. The fourth-order valence-corrected chi connectivity index (χ4v) is 2.57. The van der Waals surface area contributed by atoms with E-state index in [1.165, 1.54) is 12.1 Å². The molecule has 0 saturated carbocycles. The molecule has 10 heteroatoms. The number of carbonyl (C=O) groups excluding carboxylic acids is 2. The SMILES string of the molecule is O=C(COc1ccc(Cl)cc1)Nc1ccc(NC(=O)COc2ccc(Cl)cc2)c(F)n1. The van der Waals surface area contributed by atoms with Crippen LogP contribution in [0.5, 0.6) is 11.5 Å². The lowest BCUT2D eigenvalue weighted by Crippen LogP contribution is -2.22. The number of carbonyl (C=O) groups is 2. The highest BCUT2D eigenvalue weighted by Gasteiger charge is 2.12. The third kappa shape index (κ3) is 7.13. The molecule has 31 heavy (non-hydrogen) atoms. The first-order valence-corrected chi connectivity index (χ1v) is 9.67. The van der Waals surface area contributed by atoms with Crippen molar-refractivity contribution in [2.75, 3.05) is 23.8 Å². The Morgan fingerprint density at radius 3 is 1.74 bits per heavy atom. The van der Waals surface area contributed by atoms with Crippen molar-refractivity contribution in [3.63, 3.8) is 0 Å². The van der Waals surface area contributed by atoms with Crippen molar-refractivity contribution >= 4 is 46.5 Å². The van der Waals surface area contributed by atoms with Gasteiger partial charge in [0.25, 0.3) is 11.8 Å². The molecule has 0 spiro atoms. The maximum Gasteiger partial charge on any atom is 0.263 e. The van der Waals surface area contributed by atoms with Crippen LogP contribution in [0.15, 0.2) is 60.7 Å². The van der Waals surface area contributed by atoms with Crippen molar-refractivity contribution in [1.82, 2.24) is 4.98 Å². The highest BCUT2D eigenvalue weighted by molar-refractivity contribution is 6.30. The second-order valence-corrected chi connectivity index (χ2v) is 6.99. The standard InChI is InChI=1S/C21H16Cl2FN3O4/c22-13-1-5-15(6-2-13)30-11-19(28)25-17-9-10-18(27-21(17)24)26-20(29)12-31-16-7-3-14(23)4-8-16/h1-10H,11-12H2,(H,25,28)(H,26,27,29). The molecule has 3 rings (SSSR count). The number of anilines is 2. The Morgan fingerprint density at radius 1 is 0.774 bits per heavy atom. The average Bonchev–Trinajstić information content (AvgIpc) is 2.75. The number of halogens is 3. The third-order valence-corrected chi connectivity index (χ3v) is 4.26. The van der Waals surface area contributed by atoms with Crippen molar-refractivity contribution in [2.24, 2.45) is 0 Å². The monoisotopic (exact) mass is 463 g/mol. The van der Waals surface area contributed by atoms with Crippen molar-refractivity contribution in [1.29, 1.82) is 0 Å². The zero-order valence-electron chi connectivity index (χ0n) is 15.9. The molecule has 0 unspecified atom stereocenters. The molecular formula is C21H16Cl2FN3O4. The number of rotatable bonds is 8. The molecule has 2 N–H and O–H groups in total. The van der Waals surface area contributed by atoms with Gasteiger partial charge in [0.1, 0.15) is 17.3 Å². The molecular weight excluding hydrogens is 448 g/mol. The van der Waals surface area contributed by atoms with Crippen LogP contribution in [-0.4, -0.2) is 30.0 Å². The van der Waals surface area contributed by atoms with Crippen LogP contribution in [0.25, 0.3) is 0 Å². The molecule has 0 atom stereocenters. The molecule has 0 aliphatic rings. The second-order valence-electron chi connectivity index (χ2n) is 6.12. The van der Waals surface area contributed by atoms with E-state index in [0.717, 1.165) is 0 Å². The molecule has 0 bridgehead atoms. The predicted octanol–water partition coefficient (Wildman–Crippen LogP) is 4.56. The summed E-state index contributed by atoms with van der Waals surface area (Å²) in [6.07, 6.45) is 0. The number of amides is 2. The average molecular weight is 464 g/mol. The van der Waals surface area contributed by atoms with E-state index in [9.17, 15) is 14.0 Å². The quantitative estimate of drug-likeness (QED) is 0.477. The van der Waals surface area contributed by atoms with E-state index in [0.29, 0.717) is 21.5 Å². The van der Waals surface area contributed by atoms with Gasteiger partial charge in [-0.25, -0.2) is 4.98 Å². The molecule has 160 valence electrons. The molecule has 0 aliphatic carbocycles. The number of nitrogens with zero attached hydrogens (tertiary/aromatic N) is 1. The van der Waals surface area contributed by atoms with Crippen molar-refractivity contribution in [2.45, 2.75) is 0 Å². The number of nitrogens with one attached hydrogen (secondary N) is 2. The van der Waals surface area contributed by atoms with Crippen LogP contribution in [0.4, 0.5) is 15.9 Å². The van der Waals surface area contributed by atoms with Gasteiger partial charge in [0, 0.05) is 10.0 Å². The van der Waals surface area contributed by atoms with Crippen LogP contribution in [0.1, 0.15) is 0 Å². The first kappa shape index (κ1) is 22.3. The molecule has 0 saturated heterocycles. The van der Waals surface area contributed by atoms with Crippen LogP contribution >= 0.6 is 23.2 Å². The predicted molar refractivity (Wildman–Crippen MR) is 115 cm³/mol. The molecule has 7 nitrogen and oxygen atoms in total. The van der Waals surface area contributed by atoms with E-state index in [4.69, 9.17) is 32.7 Å². The van der Waals surface area contributed by atoms with Crippen molar-refractivity contribution < 1.29 is 23.5 Å². The van der Waals surface area contributed by atoms with Gasteiger partial charge in [0.15, 0.2) is 13.2 Å². The molecule has 0 aliphatic heterocycles. The summed E-state index contributed by atoms with van der Waals surface area (Å²) in [7, 11) is 0. The summed E-state index contributed by atoms with van der Waals surface area (Å²) in [6, 6.07) is 15.5. The smallest absolute Gasteiger partial charge is 0.263 e. The molecule has 0 fully saturated rings. The summed E-state index contributed by atoms with van der Waals surface area (Å²) < 4.78 is 24.8. The maximum atomic E-state index is 14.2. The minimum Gasteiger partial charge on any atom is -0.484 e. The van der Waals surface area contributed by atoms with Gasteiger partial charge in [0.05, 0.1) is 5.69 Å². The van der Waals surface area contributed by atoms with Gasteiger partial charge in [-0.2, -0.15) is 4.39 Å². The van der Waals surface area contributed by atoms with Crippen LogP contribution in [0, 0.1) is 5.95 Å². The molecule has 1 aromatic heterocycles. The Morgan fingerprint density at radius 2 is 1.26 bits per heavy atom. The second kappa shape index (κ2) is 10.6. The van der Waals surface area contributed by atoms with Crippen LogP contribution in [-0.2, 0) is 9.59 Å². The zero-order valence-corrected chi connectivity index (χ0v) is 17.4. The first-order valence-electron chi connectivity index (χ1n) is 8.92. The van der Waals surface area contributed by atoms with E-state index >= 15 is 0 Å². The number of pyridine rings is 1. The summed E-state index contributed by atoms with van der Waals surface area (Å²) in [4.78, 5) is 27.5. The van der Waals surface area contributed by atoms with Crippen LogP contribution in [0.2, 0.25) is 10.0 Å². The van der Waals surface area contributed by atoms with Gasteiger partial charge in [-0.1, -0.05) is 23.2 Å². The minimum atomic E-state index is -0.962. The highest BCUT2D eigenvalue weighted by Crippen LogP contribution is 2.18. The van der Waals surface area contributed by atoms with Gasteiger partial charge in [-0.3, -0.25) is 9.59 Å². The fraction of sp³-hybridized carbons (Fsp3) is 0.0952. The van der Waals surface area contributed by atoms with Crippen molar-refractivity contribution in [3.05, 3.63) is 76.7 Å². The van der Waals surface area contributed by atoms with E-state index in [2.05, 4.69) is 15.6 Å². The summed E-state index contributed by atoms with van der Waals surface area (Å²) in [5.41, 5.74) is -0.153. The number of benzene rings is 2. The Kier molecular flexibility index (Phi) is 7.64. The van der Waals surface area contributed by atoms with E-state index in [1.807, 2.05) is 0 Å². The number of ether oxygens (including phenoxy) is 2. The lowest BCUT2D eigenvalue weighted by Gasteiger charge is -2.10. The molecule has 0 radical (unpaired) electrons. The first-order chi connectivity index (χ1) is 14.9. The van der Waals surface area contributed by atoms with Gasteiger partial charge in [0.2, 0.25) is 5.95 Å². The Balaban J connectivity index is 1.48. The maximum absolute atomic E-state index is 14.2. The highest BCUT2D eigenvalue weighted by atomic mass is 35.5. The van der Waals surface area contributed by atoms with Crippen molar-refractivity contribution in [3.8, 4) is 11.5 Å². The van der Waals surface area contributed by atoms with Gasteiger partial charge < -0.3 is 20.1 Å². The summed E-state index contributed by atoms with van der Waals surface area (Å²) >= 11 is 11.5. The Labute approximate surface area is 187 Å². The minimum absolute atomic E-state index is 0.0300. The molecule has 2 amide bonds. The lowest BCUT2D eigenvalue weighted by atomic mass is 10.3. The van der Waals surface area contributed by atoms with E-state index in [-0.39, 0.29) is 24.7 Å². The summed E-state index contributed by atoms with van der Waals surface area (Å²) in [6.45, 7) is -0.632. The normalized spacial score (nSPS) is 10.3. The Hall–Kier alpha value is -3.36. The van der Waals surface area contributed by atoms with Gasteiger partial charge >= 0.3 is 0 Å². The van der Waals surface area contributed by atoms with Gasteiger partial charge in [-0.05, 0) is 60.7 Å². The van der Waals surface area contributed by atoms with Gasteiger partial charge in [-0.15, -0.1) is 0 Å². The molecule has 3 aromatic rings. The Bertz CT molecular complexity index is 1060. The van der Waals surface area contributed by atoms with Crippen LogP contribution < -0.4 is 20.1 Å². The topological polar surface area (TPSA) is 89.6 Å². The molecule has 1 heterocycles. The summed E-state index contributed by atoms with van der Waals surface area (Å²) in [5, 5.41) is 5.83. The van der Waals surface area contributed by atoms with Crippen LogP contribution in [0.3, 0.4) is 0 Å². The lowest BCUT2D eigenvalue weighted by molar-refractivity contribution is -0.118. The number of aromatic nitrogens is 1.